The van der Waals surface area contributed by atoms with Gasteiger partial charge in [0.2, 0.25) is 5.82 Å². The highest BCUT2D eigenvalue weighted by Crippen LogP contribution is 2.30. The number of nitrogens with one attached hydrogen (secondary N) is 1. The third kappa shape index (κ3) is 2.66. The maximum Gasteiger partial charge on any atom is 0.314 e. The molecule has 2 aromatic rings. The van der Waals surface area contributed by atoms with Gasteiger partial charge < -0.3 is 10.1 Å². The van der Waals surface area contributed by atoms with E-state index in [9.17, 15) is 14.5 Å². The van der Waals surface area contributed by atoms with Crippen LogP contribution in [0.25, 0.3) is 0 Å². The second kappa shape index (κ2) is 5.52. The van der Waals surface area contributed by atoms with E-state index >= 15 is 0 Å². The molecule has 0 saturated carbocycles. The summed E-state index contributed by atoms with van der Waals surface area (Å²) < 4.78 is 18.2. The maximum atomic E-state index is 13.3. The van der Waals surface area contributed by atoms with Crippen LogP contribution in [0, 0.1) is 22.9 Å². The Morgan fingerprint density at radius 3 is 2.80 bits per heavy atom. The second-order valence-corrected chi connectivity index (χ2v) is 4.06. The van der Waals surface area contributed by atoms with Crippen LogP contribution in [0.3, 0.4) is 0 Å². The van der Waals surface area contributed by atoms with Gasteiger partial charge in [-0.2, -0.15) is 0 Å². The zero-order valence-corrected chi connectivity index (χ0v) is 10.9. The Morgan fingerprint density at radius 1 is 1.40 bits per heavy atom. The number of rotatable bonds is 4. The number of hydrogen-bond donors (Lipinski definition) is 1. The number of halogens is 1. The van der Waals surface area contributed by atoms with E-state index < -0.39 is 10.7 Å². The van der Waals surface area contributed by atoms with E-state index in [4.69, 9.17) is 4.74 Å². The number of benzene rings is 1. The van der Waals surface area contributed by atoms with Crippen molar-refractivity contribution in [2.45, 2.75) is 6.92 Å². The minimum atomic E-state index is -0.509. The zero-order chi connectivity index (χ0) is 14.7. The smallest absolute Gasteiger partial charge is 0.314 e. The van der Waals surface area contributed by atoms with Crippen molar-refractivity contribution in [2.75, 3.05) is 12.4 Å². The lowest BCUT2D eigenvalue weighted by Gasteiger charge is -2.09. The minimum absolute atomic E-state index is 0.0466. The largest absolute Gasteiger partial charge is 0.494 e. The van der Waals surface area contributed by atoms with Crippen molar-refractivity contribution in [3.63, 3.8) is 0 Å². The second-order valence-electron chi connectivity index (χ2n) is 4.06. The van der Waals surface area contributed by atoms with Gasteiger partial charge in [0.1, 0.15) is 0 Å². The average Bonchev–Trinajstić information content (AvgIpc) is 2.40. The van der Waals surface area contributed by atoms with Crippen LogP contribution in [-0.2, 0) is 0 Å². The molecule has 1 N–H and O–H groups in total. The average molecular weight is 277 g/mol. The molecule has 0 aliphatic carbocycles. The van der Waals surface area contributed by atoms with Crippen LogP contribution in [0.5, 0.6) is 5.75 Å². The molecule has 0 saturated heterocycles. The van der Waals surface area contributed by atoms with E-state index in [1.54, 1.807) is 13.0 Å². The Balaban J connectivity index is 2.40. The van der Waals surface area contributed by atoms with Crippen molar-refractivity contribution in [3.8, 4) is 5.75 Å². The Hall–Kier alpha value is -2.70. The van der Waals surface area contributed by atoms with E-state index in [0.717, 1.165) is 0 Å². The van der Waals surface area contributed by atoms with Gasteiger partial charge in [0.25, 0.3) is 0 Å². The number of methoxy groups -OCH3 is 1. The molecule has 7 heteroatoms. The number of aryl methyl sites for hydroxylation is 1. The fourth-order valence-corrected chi connectivity index (χ4v) is 1.75. The summed E-state index contributed by atoms with van der Waals surface area (Å²) in [6.45, 7) is 1.62. The van der Waals surface area contributed by atoms with E-state index in [0.29, 0.717) is 11.3 Å². The molecule has 0 aliphatic rings. The SMILES string of the molecule is COc1cc(Nc2nccc(C)c2[N+](=O)[O-])ccc1F. The summed E-state index contributed by atoms with van der Waals surface area (Å²) in [6, 6.07) is 5.62. The van der Waals surface area contributed by atoms with E-state index in [2.05, 4.69) is 10.3 Å². The third-order valence-corrected chi connectivity index (χ3v) is 2.72. The van der Waals surface area contributed by atoms with Crippen molar-refractivity contribution in [1.82, 2.24) is 4.98 Å². The third-order valence-electron chi connectivity index (χ3n) is 2.72. The van der Waals surface area contributed by atoms with Gasteiger partial charge in [0, 0.05) is 23.5 Å². The van der Waals surface area contributed by atoms with Gasteiger partial charge in [-0.1, -0.05) is 0 Å². The normalized spacial score (nSPS) is 10.2. The van der Waals surface area contributed by atoms with Gasteiger partial charge in [-0.3, -0.25) is 10.1 Å². The van der Waals surface area contributed by atoms with Crippen molar-refractivity contribution in [3.05, 3.63) is 52.0 Å². The lowest BCUT2D eigenvalue weighted by Crippen LogP contribution is -2.02. The lowest BCUT2D eigenvalue weighted by molar-refractivity contribution is -0.384. The Labute approximate surface area is 114 Å². The molecule has 0 bridgehead atoms. The maximum absolute atomic E-state index is 13.3. The zero-order valence-electron chi connectivity index (χ0n) is 10.9. The number of ether oxygens (including phenoxy) is 1. The molecule has 0 unspecified atom stereocenters. The van der Waals surface area contributed by atoms with E-state index in [-0.39, 0.29) is 17.3 Å². The number of aromatic nitrogens is 1. The van der Waals surface area contributed by atoms with Crippen molar-refractivity contribution < 1.29 is 14.1 Å². The van der Waals surface area contributed by atoms with E-state index in [1.807, 2.05) is 0 Å². The molecular weight excluding hydrogens is 265 g/mol. The van der Waals surface area contributed by atoms with Crippen molar-refractivity contribution in [1.29, 1.82) is 0 Å². The molecule has 1 heterocycles. The predicted octanol–water partition coefficient (Wildman–Crippen LogP) is 3.19. The first kappa shape index (κ1) is 13.7. The van der Waals surface area contributed by atoms with Gasteiger partial charge in [0.05, 0.1) is 12.0 Å². The molecule has 0 atom stereocenters. The highest BCUT2D eigenvalue weighted by Gasteiger charge is 2.18. The first-order valence-electron chi connectivity index (χ1n) is 5.73. The van der Waals surface area contributed by atoms with Crippen LogP contribution in [-0.4, -0.2) is 17.0 Å². The molecule has 20 heavy (non-hydrogen) atoms. The number of anilines is 2. The number of nitro groups is 1. The summed E-state index contributed by atoms with van der Waals surface area (Å²) in [4.78, 5) is 14.5. The van der Waals surface area contributed by atoms with Gasteiger partial charge >= 0.3 is 5.69 Å². The van der Waals surface area contributed by atoms with Crippen LogP contribution in [0.4, 0.5) is 21.6 Å². The van der Waals surface area contributed by atoms with Crippen LogP contribution < -0.4 is 10.1 Å². The number of nitrogens with zero attached hydrogens (tertiary/aromatic N) is 2. The van der Waals surface area contributed by atoms with Crippen molar-refractivity contribution in [2.24, 2.45) is 0 Å². The van der Waals surface area contributed by atoms with Gasteiger partial charge in [-0.25, -0.2) is 9.37 Å². The number of pyridine rings is 1. The summed E-state index contributed by atoms with van der Waals surface area (Å²) in [5.41, 5.74) is 0.821. The Kier molecular flexibility index (Phi) is 3.79. The molecule has 0 amide bonds. The summed E-state index contributed by atoms with van der Waals surface area (Å²) in [5, 5.41) is 13.8. The molecule has 1 aromatic carbocycles. The van der Waals surface area contributed by atoms with Gasteiger partial charge in [-0.15, -0.1) is 0 Å². The van der Waals surface area contributed by atoms with Crippen LogP contribution in [0.1, 0.15) is 5.56 Å². The van der Waals surface area contributed by atoms with Gasteiger partial charge in [0.15, 0.2) is 11.6 Å². The molecular formula is C13H12FN3O3. The molecule has 2 rings (SSSR count). The molecule has 104 valence electrons. The molecule has 0 aliphatic heterocycles. The van der Waals surface area contributed by atoms with Crippen LogP contribution >= 0.6 is 0 Å². The lowest BCUT2D eigenvalue weighted by atomic mass is 10.2. The Morgan fingerprint density at radius 2 is 2.15 bits per heavy atom. The Bertz CT molecular complexity index is 661. The molecule has 0 spiro atoms. The number of hydrogen-bond acceptors (Lipinski definition) is 5. The summed E-state index contributed by atoms with van der Waals surface area (Å²) in [6.07, 6.45) is 1.46. The molecule has 1 aromatic heterocycles. The van der Waals surface area contributed by atoms with Crippen LogP contribution in [0.15, 0.2) is 30.5 Å². The van der Waals surface area contributed by atoms with Crippen LogP contribution in [0.2, 0.25) is 0 Å². The molecule has 0 fully saturated rings. The standard InChI is InChI=1S/C13H12FN3O3/c1-8-5-6-15-13(12(8)17(18)19)16-9-3-4-10(14)11(7-9)20-2/h3-7H,1-2H3,(H,15,16). The summed E-state index contributed by atoms with van der Waals surface area (Å²) in [7, 11) is 1.34. The van der Waals surface area contributed by atoms with E-state index in [1.165, 1.54) is 31.5 Å². The monoisotopic (exact) mass is 277 g/mol. The highest BCUT2D eigenvalue weighted by atomic mass is 19.1. The quantitative estimate of drug-likeness (QED) is 0.686. The summed E-state index contributed by atoms with van der Waals surface area (Å²) in [5.74, 6) is -0.362. The predicted molar refractivity (Wildman–Crippen MR) is 71.9 cm³/mol. The first-order chi connectivity index (χ1) is 9.52. The fourth-order valence-electron chi connectivity index (χ4n) is 1.75. The highest BCUT2D eigenvalue weighted by molar-refractivity contribution is 5.68. The fraction of sp³-hybridized carbons (Fsp3) is 0.154. The topological polar surface area (TPSA) is 77.3 Å². The van der Waals surface area contributed by atoms with Gasteiger partial charge in [-0.05, 0) is 25.1 Å². The van der Waals surface area contributed by atoms with Crippen molar-refractivity contribution >= 4 is 17.2 Å². The molecule has 6 nitrogen and oxygen atoms in total. The summed E-state index contributed by atoms with van der Waals surface area (Å²) >= 11 is 0. The minimum Gasteiger partial charge on any atom is -0.494 e. The molecule has 0 radical (unpaired) electrons. The first-order valence-corrected chi connectivity index (χ1v) is 5.73.